The van der Waals surface area contributed by atoms with Gasteiger partial charge in [0.15, 0.2) is 0 Å². The van der Waals surface area contributed by atoms with Gasteiger partial charge in [-0.15, -0.1) is 12.4 Å². The Bertz CT molecular complexity index is 454. The Morgan fingerprint density at radius 2 is 1.90 bits per heavy atom. The summed E-state index contributed by atoms with van der Waals surface area (Å²) >= 11 is 3.57. The number of benzene rings is 1. The minimum Gasteiger partial charge on any atom is -0.314 e. The van der Waals surface area contributed by atoms with E-state index in [-0.39, 0.29) is 12.4 Å². The summed E-state index contributed by atoms with van der Waals surface area (Å²) in [6, 6.07) is 7.49. The summed E-state index contributed by atoms with van der Waals surface area (Å²) in [6.07, 6.45) is 5.52. The molecule has 21 heavy (non-hydrogen) atoms. The van der Waals surface area contributed by atoms with Gasteiger partial charge in [-0.3, -0.25) is 4.90 Å². The average Bonchev–Trinajstić information content (AvgIpc) is 3.26. The first-order chi connectivity index (χ1) is 9.70. The van der Waals surface area contributed by atoms with Crippen molar-refractivity contribution in [1.29, 1.82) is 0 Å². The lowest BCUT2D eigenvalue weighted by atomic mass is 10.0. The number of piperidine rings is 1. The van der Waals surface area contributed by atoms with Crippen LogP contribution in [0.2, 0.25) is 0 Å². The molecule has 4 heteroatoms. The summed E-state index contributed by atoms with van der Waals surface area (Å²) in [5.41, 5.74) is 2.78. The number of nitrogens with zero attached hydrogens (tertiary/aromatic N) is 1. The Hall–Kier alpha value is -0.0900. The van der Waals surface area contributed by atoms with Crippen molar-refractivity contribution in [3.05, 3.63) is 33.8 Å². The lowest BCUT2D eigenvalue weighted by Crippen LogP contribution is -2.42. The highest BCUT2D eigenvalue weighted by molar-refractivity contribution is 9.10. The molecule has 3 rings (SSSR count). The average molecular weight is 374 g/mol. The Labute approximate surface area is 143 Å². The van der Waals surface area contributed by atoms with Crippen LogP contribution in [0.3, 0.4) is 0 Å². The van der Waals surface area contributed by atoms with Crippen LogP contribution in [0.25, 0.3) is 0 Å². The Balaban J connectivity index is 0.00000161. The van der Waals surface area contributed by atoms with E-state index in [4.69, 9.17) is 0 Å². The predicted molar refractivity (Wildman–Crippen MR) is 95.2 cm³/mol. The fourth-order valence-electron chi connectivity index (χ4n) is 3.01. The van der Waals surface area contributed by atoms with E-state index >= 15 is 0 Å². The van der Waals surface area contributed by atoms with Gasteiger partial charge in [0.1, 0.15) is 0 Å². The lowest BCUT2D eigenvalue weighted by molar-refractivity contribution is 0.190. The molecule has 1 heterocycles. The van der Waals surface area contributed by atoms with Gasteiger partial charge in [-0.25, -0.2) is 0 Å². The number of hydrogen-bond acceptors (Lipinski definition) is 2. The molecule has 0 atom stereocenters. The Morgan fingerprint density at radius 3 is 2.52 bits per heavy atom. The molecule has 2 aliphatic rings. The van der Waals surface area contributed by atoms with Crippen LogP contribution < -0.4 is 5.32 Å². The number of rotatable bonds is 5. The molecule has 1 aromatic rings. The van der Waals surface area contributed by atoms with Crippen molar-refractivity contribution >= 4 is 28.3 Å². The maximum absolute atomic E-state index is 3.75. The van der Waals surface area contributed by atoms with Gasteiger partial charge in [0, 0.05) is 17.1 Å². The van der Waals surface area contributed by atoms with Gasteiger partial charge in [0.25, 0.3) is 0 Å². The number of likely N-dealkylation sites (tertiary alicyclic amines) is 1. The molecule has 1 saturated heterocycles. The van der Waals surface area contributed by atoms with Crippen molar-refractivity contribution in [3.63, 3.8) is 0 Å². The summed E-state index contributed by atoms with van der Waals surface area (Å²) in [5, 5.41) is 3.75. The molecule has 118 valence electrons. The van der Waals surface area contributed by atoms with Crippen molar-refractivity contribution in [3.8, 4) is 0 Å². The highest BCUT2D eigenvalue weighted by Crippen LogP contribution is 2.28. The van der Waals surface area contributed by atoms with Crippen LogP contribution in [0, 0.1) is 12.8 Å². The summed E-state index contributed by atoms with van der Waals surface area (Å²) in [4.78, 5) is 2.60. The molecule has 2 nitrogen and oxygen atoms in total. The molecule has 0 amide bonds. The topological polar surface area (TPSA) is 15.3 Å². The molecule has 0 bridgehead atoms. The number of aryl methyl sites for hydroxylation is 1. The quantitative estimate of drug-likeness (QED) is 0.834. The zero-order chi connectivity index (χ0) is 13.9. The molecule has 1 N–H and O–H groups in total. The second-order valence-corrected chi connectivity index (χ2v) is 7.34. The third-order valence-corrected chi connectivity index (χ3v) is 5.50. The first-order valence-electron chi connectivity index (χ1n) is 7.91. The molecule has 1 aromatic carbocycles. The van der Waals surface area contributed by atoms with Crippen LogP contribution in [0.1, 0.15) is 36.8 Å². The largest absolute Gasteiger partial charge is 0.314 e. The summed E-state index contributed by atoms with van der Waals surface area (Å²) < 4.78 is 1.21. The third-order valence-electron chi connectivity index (χ3n) is 4.61. The second-order valence-electron chi connectivity index (χ2n) is 6.49. The zero-order valence-corrected chi connectivity index (χ0v) is 15.2. The van der Waals surface area contributed by atoms with E-state index < -0.39 is 0 Å². The van der Waals surface area contributed by atoms with Gasteiger partial charge < -0.3 is 5.32 Å². The van der Waals surface area contributed by atoms with Crippen molar-refractivity contribution < 1.29 is 0 Å². The molecule has 0 aromatic heterocycles. The van der Waals surface area contributed by atoms with E-state index in [1.165, 1.54) is 60.9 Å². The van der Waals surface area contributed by atoms with Crippen molar-refractivity contribution in [2.45, 2.75) is 45.2 Å². The molecule has 1 aliphatic carbocycles. The SMILES string of the molecule is Cc1cc(CN2CCC(NCC3CC3)CC2)ccc1Br.Cl. The summed E-state index contributed by atoms with van der Waals surface area (Å²) in [6.45, 7) is 7.00. The van der Waals surface area contributed by atoms with E-state index in [0.717, 1.165) is 18.5 Å². The molecule has 0 unspecified atom stereocenters. The van der Waals surface area contributed by atoms with E-state index in [1.54, 1.807) is 0 Å². The molecule has 0 spiro atoms. The Morgan fingerprint density at radius 1 is 1.19 bits per heavy atom. The summed E-state index contributed by atoms with van der Waals surface area (Å²) in [7, 11) is 0. The van der Waals surface area contributed by atoms with E-state index in [1.807, 2.05) is 0 Å². The zero-order valence-electron chi connectivity index (χ0n) is 12.8. The van der Waals surface area contributed by atoms with E-state index in [9.17, 15) is 0 Å². The third kappa shape index (κ3) is 5.24. The molecule has 2 fully saturated rings. The van der Waals surface area contributed by atoms with Crippen LogP contribution in [0.4, 0.5) is 0 Å². The normalized spacial score (nSPS) is 20.3. The van der Waals surface area contributed by atoms with E-state index in [0.29, 0.717) is 0 Å². The first kappa shape index (κ1) is 17.3. The highest BCUT2D eigenvalue weighted by atomic mass is 79.9. The number of halogens is 2. The molecular weight excluding hydrogens is 348 g/mol. The van der Waals surface area contributed by atoms with Crippen LogP contribution in [-0.4, -0.2) is 30.6 Å². The number of hydrogen-bond donors (Lipinski definition) is 1. The predicted octanol–water partition coefficient (Wildman–Crippen LogP) is 4.14. The van der Waals surface area contributed by atoms with Gasteiger partial charge >= 0.3 is 0 Å². The van der Waals surface area contributed by atoms with Gasteiger partial charge in [-0.2, -0.15) is 0 Å². The molecule has 0 radical (unpaired) electrons. The van der Waals surface area contributed by atoms with Crippen LogP contribution in [0.15, 0.2) is 22.7 Å². The van der Waals surface area contributed by atoms with Gasteiger partial charge in [0.05, 0.1) is 0 Å². The van der Waals surface area contributed by atoms with Crippen LogP contribution >= 0.6 is 28.3 Å². The lowest BCUT2D eigenvalue weighted by Gasteiger charge is -2.32. The smallest absolute Gasteiger partial charge is 0.0233 e. The molecule has 1 aliphatic heterocycles. The molecule has 1 saturated carbocycles. The monoisotopic (exact) mass is 372 g/mol. The number of nitrogens with one attached hydrogen (secondary N) is 1. The van der Waals surface area contributed by atoms with Crippen LogP contribution in [-0.2, 0) is 6.54 Å². The minimum atomic E-state index is 0. The maximum Gasteiger partial charge on any atom is 0.0233 e. The summed E-state index contributed by atoms with van der Waals surface area (Å²) in [5.74, 6) is 0.999. The van der Waals surface area contributed by atoms with Crippen molar-refractivity contribution in [2.24, 2.45) is 5.92 Å². The van der Waals surface area contributed by atoms with Gasteiger partial charge in [0.2, 0.25) is 0 Å². The van der Waals surface area contributed by atoms with Gasteiger partial charge in [-0.05, 0) is 75.4 Å². The fourth-order valence-corrected chi connectivity index (χ4v) is 3.26. The standard InChI is InChI=1S/C17H25BrN2.ClH/c1-13-10-15(4-5-17(13)18)12-20-8-6-16(7-9-20)19-11-14-2-3-14;/h4-5,10,14,16,19H,2-3,6-9,11-12H2,1H3;1H. The van der Waals surface area contributed by atoms with Crippen molar-refractivity contribution in [1.82, 2.24) is 10.2 Å². The fraction of sp³-hybridized carbons (Fsp3) is 0.647. The highest BCUT2D eigenvalue weighted by Gasteiger charge is 2.24. The van der Waals surface area contributed by atoms with Crippen LogP contribution in [0.5, 0.6) is 0 Å². The van der Waals surface area contributed by atoms with Crippen molar-refractivity contribution in [2.75, 3.05) is 19.6 Å². The maximum atomic E-state index is 3.75. The van der Waals surface area contributed by atoms with Gasteiger partial charge in [-0.1, -0.05) is 28.1 Å². The second kappa shape index (κ2) is 7.96. The minimum absolute atomic E-state index is 0. The molecular formula is C17H26BrClN2. The Kier molecular flexibility index (Phi) is 6.54. The first-order valence-corrected chi connectivity index (χ1v) is 8.71. The van der Waals surface area contributed by atoms with E-state index in [2.05, 4.69) is 51.3 Å².